The Morgan fingerprint density at radius 1 is 0.296 bits per heavy atom. The summed E-state index contributed by atoms with van der Waals surface area (Å²) in [6, 6.07) is 0. The molecule has 0 aliphatic heterocycles. The van der Waals surface area contributed by atoms with Gasteiger partial charge in [-0.2, -0.15) is 0 Å². The molecule has 0 spiro atoms. The molecule has 0 saturated carbocycles. The molecule has 0 radical (unpaired) electrons. The van der Waals surface area contributed by atoms with Crippen molar-refractivity contribution in [3.8, 4) is 0 Å². The van der Waals surface area contributed by atoms with Crippen LogP contribution < -0.4 is 0 Å². The highest BCUT2D eigenvalue weighted by molar-refractivity contribution is 7.47. The van der Waals surface area contributed by atoms with Crippen LogP contribution in [0.25, 0.3) is 0 Å². The van der Waals surface area contributed by atoms with E-state index in [9.17, 15) is 43.2 Å². The van der Waals surface area contributed by atoms with Gasteiger partial charge in [0.05, 0.1) is 26.4 Å². The number of esters is 4. The number of aliphatic hydroxyl groups excluding tert-OH is 1. The molecule has 0 fully saturated rings. The highest BCUT2D eigenvalue weighted by Crippen LogP contribution is 2.45. The predicted molar refractivity (Wildman–Crippen MR) is 399 cm³/mol. The summed E-state index contributed by atoms with van der Waals surface area (Å²) in [6.07, 6.45) is 74.0. The molecule has 0 aromatic rings. The average Bonchev–Trinajstić information content (AvgIpc) is 0.992. The largest absolute Gasteiger partial charge is 0.472 e. The first-order valence-electron chi connectivity index (χ1n) is 38.5. The minimum Gasteiger partial charge on any atom is -0.462 e. The SMILES string of the molecule is CC/C=C\C/C=C\C/C=C\C/C=C\C/C=C\CCCCCC(=O)OCC(COP(=O)(O)OCC(O)COP(=O)(O)OCC(COC(=O)CCCCCCCCCCCCCCC)OC(=O)CCCCCCCCCCCCC)OC(=O)CCCCCCC/C=C\C/C=C\C/C=C\CC. The molecule has 0 bridgehead atoms. The van der Waals surface area contributed by atoms with Gasteiger partial charge in [-0.15, -0.1) is 0 Å². The standard InChI is InChI=1S/C79H138O17P2/c1-5-9-13-17-21-25-29-32-34-35-36-37-39-41-45-48-52-56-60-64-77(82)90-70-75(96-79(84)66-62-58-54-50-46-42-38-33-30-26-22-18-14-10-6-2)72-94-98(87,88)92-68-73(80)67-91-97(85,86)93-71-74(95-78(83)65-61-57-53-49-43-28-24-20-16-12-8-4)69-89-76(81)63-59-55-51-47-44-40-31-27-23-19-15-11-7-3/h9-10,13-14,21-22,25-26,32-34,36-38,41,45,73-75,80H,5-8,11-12,15-20,23-24,27-31,35,39-40,42-44,46-72H2,1-4H3,(H,85,86)(H,87,88)/b13-9-,14-10-,25-21-,26-22-,34-32-,37-36-,38-33-,45-41-. The summed E-state index contributed by atoms with van der Waals surface area (Å²) in [6.45, 7) is 4.61. The first-order valence-corrected chi connectivity index (χ1v) is 41.5. The van der Waals surface area contributed by atoms with Crippen molar-refractivity contribution in [2.24, 2.45) is 0 Å². The fraction of sp³-hybridized carbons (Fsp3) is 0.747. The average molecular weight is 1420 g/mol. The summed E-state index contributed by atoms with van der Waals surface area (Å²) in [7, 11) is -9.95. The molecule has 5 atom stereocenters. The van der Waals surface area contributed by atoms with Crippen LogP contribution in [-0.4, -0.2) is 96.7 Å². The van der Waals surface area contributed by atoms with Crippen molar-refractivity contribution in [2.75, 3.05) is 39.6 Å². The van der Waals surface area contributed by atoms with E-state index < -0.39 is 97.5 Å². The Hall–Kier alpha value is -4.02. The Kier molecular flexibility index (Phi) is 68.4. The van der Waals surface area contributed by atoms with Crippen LogP contribution in [0.2, 0.25) is 0 Å². The van der Waals surface area contributed by atoms with Crippen LogP contribution in [0.4, 0.5) is 0 Å². The molecule has 0 aromatic carbocycles. The lowest BCUT2D eigenvalue weighted by Crippen LogP contribution is -2.30. The number of carbonyl (C=O) groups excluding carboxylic acids is 4. The van der Waals surface area contributed by atoms with Gasteiger partial charge >= 0.3 is 39.5 Å². The molecule has 5 unspecified atom stereocenters. The second-order valence-corrected chi connectivity index (χ2v) is 28.5. The molecule has 19 heteroatoms. The van der Waals surface area contributed by atoms with Gasteiger partial charge in [-0.1, -0.05) is 292 Å². The zero-order chi connectivity index (χ0) is 71.8. The molecule has 3 N–H and O–H groups in total. The van der Waals surface area contributed by atoms with Crippen molar-refractivity contribution in [3.05, 3.63) is 97.2 Å². The van der Waals surface area contributed by atoms with Crippen LogP contribution in [0.5, 0.6) is 0 Å². The van der Waals surface area contributed by atoms with Crippen LogP contribution in [0, 0.1) is 0 Å². The van der Waals surface area contributed by atoms with E-state index in [4.69, 9.17) is 37.0 Å². The Morgan fingerprint density at radius 2 is 0.531 bits per heavy atom. The lowest BCUT2D eigenvalue weighted by molar-refractivity contribution is -0.161. The zero-order valence-corrected chi connectivity index (χ0v) is 63.5. The number of allylic oxidation sites excluding steroid dienone is 16. The van der Waals surface area contributed by atoms with E-state index in [0.717, 1.165) is 148 Å². The van der Waals surface area contributed by atoms with E-state index in [1.807, 2.05) is 0 Å². The normalized spacial score (nSPS) is 14.5. The van der Waals surface area contributed by atoms with Crippen LogP contribution >= 0.6 is 15.6 Å². The highest BCUT2D eigenvalue weighted by atomic mass is 31.2. The smallest absolute Gasteiger partial charge is 0.462 e. The number of unbranched alkanes of at least 4 members (excludes halogenated alkanes) is 30. The van der Waals surface area contributed by atoms with Crippen LogP contribution in [0.1, 0.15) is 323 Å². The number of hydrogen-bond acceptors (Lipinski definition) is 15. The number of carbonyl (C=O) groups is 4. The summed E-state index contributed by atoms with van der Waals surface area (Å²) in [4.78, 5) is 72.8. The third-order valence-electron chi connectivity index (χ3n) is 16.1. The molecule has 0 rings (SSSR count). The fourth-order valence-corrected chi connectivity index (χ4v) is 11.8. The molecule has 0 heterocycles. The Morgan fingerprint density at radius 3 is 0.827 bits per heavy atom. The van der Waals surface area contributed by atoms with Crippen molar-refractivity contribution in [2.45, 2.75) is 341 Å². The molecule has 0 aromatic heterocycles. The van der Waals surface area contributed by atoms with Crippen molar-refractivity contribution < 1.29 is 80.2 Å². The maximum atomic E-state index is 13.1. The number of hydrogen-bond donors (Lipinski definition) is 3. The van der Waals surface area contributed by atoms with E-state index in [0.29, 0.717) is 25.7 Å². The van der Waals surface area contributed by atoms with Gasteiger partial charge in [0.2, 0.25) is 0 Å². The number of phosphoric ester groups is 2. The number of ether oxygens (including phenoxy) is 4. The van der Waals surface area contributed by atoms with Gasteiger partial charge in [0.15, 0.2) is 12.2 Å². The summed E-state index contributed by atoms with van der Waals surface area (Å²) in [5, 5.41) is 10.6. The van der Waals surface area contributed by atoms with Gasteiger partial charge in [0.1, 0.15) is 19.3 Å². The second kappa shape index (κ2) is 71.4. The first kappa shape index (κ1) is 94.0. The molecule has 0 amide bonds. The summed E-state index contributed by atoms with van der Waals surface area (Å²) in [5.74, 6) is -2.21. The van der Waals surface area contributed by atoms with Crippen LogP contribution in [0.3, 0.4) is 0 Å². The minimum absolute atomic E-state index is 0.0677. The topological polar surface area (TPSA) is 237 Å². The third-order valence-corrected chi connectivity index (χ3v) is 18.0. The molecule has 0 aliphatic rings. The van der Waals surface area contributed by atoms with Crippen LogP contribution in [-0.2, 0) is 65.4 Å². The molecule has 0 saturated heterocycles. The third kappa shape index (κ3) is 70.4. The van der Waals surface area contributed by atoms with Gasteiger partial charge in [-0.3, -0.25) is 37.3 Å². The second-order valence-electron chi connectivity index (χ2n) is 25.5. The maximum absolute atomic E-state index is 13.1. The van der Waals surface area contributed by atoms with Crippen molar-refractivity contribution in [1.29, 1.82) is 0 Å². The predicted octanol–water partition coefficient (Wildman–Crippen LogP) is 22.0. The van der Waals surface area contributed by atoms with Gasteiger partial charge < -0.3 is 33.8 Å². The van der Waals surface area contributed by atoms with Gasteiger partial charge in [0.25, 0.3) is 0 Å². The summed E-state index contributed by atoms with van der Waals surface area (Å²) in [5.41, 5.74) is 0. The Bertz CT molecular complexity index is 2240. The number of phosphoric acid groups is 2. The molecular formula is C79H138O17P2. The number of aliphatic hydroxyl groups is 1. The van der Waals surface area contributed by atoms with Gasteiger partial charge in [-0.25, -0.2) is 9.13 Å². The fourth-order valence-electron chi connectivity index (χ4n) is 10.3. The summed E-state index contributed by atoms with van der Waals surface area (Å²) < 4.78 is 68.4. The van der Waals surface area contributed by atoms with Crippen molar-refractivity contribution in [1.82, 2.24) is 0 Å². The van der Waals surface area contributed by atoms with E-state index in [-0.39, 0.29) is 25.7 Å². The molecule has 566 valence electrons. The van der Waals surface area contributed by atoms with E-state index >= 15 is 0 Å². The number of rotatable bonds is 72. The lowest BCUT2D eigenvalue weighted by atomic mass is 10.0. The molecule has 98 heavy (non-hydrogen) atoms. The quantitative estimate of drug-likeness (QED) is 0.0169. The Balaban J connectivity index is 5.35. The maximum Gasteiger partial charge on any atom is 0.472 e. The summed E-state index contributed by atoms with van der Waals surface area (Å²) >= 11 is 0. The Labute approximate surface area is 595 Å². The van der Waals surface area contributed by atoms with Gasteiger partial charge in [-0.05, 0) is 103 Å². The van der Waals surface area contributed by atoms with Gasteiger partial charge in [0, 0.05) is 25.7 Å². The highest BCUT2D eigenvalue weighted by Gasteiger charge is 2.30. The molecule has 0 aliphatic carbocycles. The molecular weight excluding hydrogens is 1280 g/mol. The van der Waals surface area contributed by atoms with Crippen LogP contribution in [0.15, 0.2) is 97.2 Å². The molecule has 17 nitrogen and oxygen atoms in total. The minimum atomic E-state index is -4.98. The van der Waals surface area contributed by atoms with Crippen molar-refractivity contribution >= 4 is 39.5 Å². The lowest BCUT2D eigenvalue weighted by Gasteiger charge is -2.21. The first-order chi connectivity index (χ1) is 47.7. The monoisotopic (exact) mass is 1420 g/mol. The van der Waals surface area contributed by atoms with E-state index in [2.05, 4.69) is 125 Å². The van der Waals surface area contributed by atoms with E-state index in [1.165, 1.54) is 96.3 Å². The van der Waals surface area contributed by atoms with Crippen molar-refractivity contribution in [3.63, 3.8) is 0 Å². The zero-order valence-electron chi connectivity index (χ0n) is 61.7. The van der Waals surface area contributed by atoms with E-state index in [1.54, 1.807) is 0 Å².